The summed E-state index contributed by atoms with van der Waals surface area (Å²) in [6.07, 6.45) is 0. The Morgan fingerprint density at radius 2 is 1.73 bits per heavy atom. The van der Waals surface area contributed by atoms with Crippen molar-refractivity contribution in [2.24, 2.45) is 0 Å². The van der Waals surface area contributed by atoms with E-state index >= 15 is 0 Å². The Kier molecular flexibility index (Phi) is 8.28. The summed E-state index contributed by atoms with van der Waals surface area (Å²) >= 11 is 3.46. The number of carbonyl (C=O) groups excluding carboxylic acids is 1. The van der Waals surface area contributed by atoms with Gasteiger partial charge in [0.15, 0.2) is 6.61 Å². The minimum atomic E-state index is -3.71. The molecule has 2 rings (SSSR count). The highest BCUT2D eigenvalue weighted by Crippen LogP contribution is 2.30. The third-order valence-corrected chi connectivity index (χ3v) is 6.40. The van der Waals surface area contributed by atoms with Gasteiger partial charge in [-0.1, -0.05) is 19.9 Å². The Labute approximate surface area is 186 Å². The van der Waals surface area contributed by atoms with Crippen LogP contribution in [-0.4, -0.2) is 34.1 Å². The van der Waals surface area contributed by atoms with Crippen LogP contribution < -0.4 is 19.5 Å². The molecular formula is C21H27BrN2O5S. The molecule has 0 fully saturated rings. The van der Waals surface area contributed by atoms with Gasteiger partial charge in [0, 0.05) is 6.04 Å². The smallest absolute Gasteiger partial charge is 0.262 e. The lowest BCUT2D eigenvalue weighted by Gasteiger charge is -2.15. The Bertz CT molecular complexity index is 1010. The number of amides is 1. The molecule has 0 aliphatic carbocycles. The van der Waals surface area contributed by atoms with Crippen LogP contribution in [0.2, 0.25) is 0 Å². The lowest BCUT2D eigenvalue weighted by atomic mass is 10.0. The van der Waals surface area contributed by atoms with Gasteiger partial charge in [-0.05, 0) is 71.6 Å². The van der Waals surface area contributed by atoms with Gasteiger partial charge in [0.1, 0.15) is 11.5 Å². The number of sulfonamides is 1. The summed E-state index contributed by atoms with van der Waals surface area (Å²) in [5, 5.41) is 2.65. The van der Waals surface area contributed by atoms with E-state index in [0.717, 1.165) is 10.0 Å². The molecule has 0 atom stereocenters. The highest BCUT2D eigenvalue weighted by molar-refractivity contribution is 9.10. The van der Waals surface area contributed by atoms with E-state index in [0.29, 0.717) is 17.4 Å². The van der Waals surface area contributed by atoms with Gasteiger partial charge in [0.25, 0.3) is 5.91 Å². The quantitative estimate of drug-likeness (QED) is 0.537. The number of methoxy groups -OCH3 is 1. The summed E-state index contributed by atoms with van der Waals surface area (Å²) in [6, 6.07) is 9.71. The first-order valence-electron chi connectivity index (χ1n) is 9.46. The molecule has 0 aliphatic rings. The summed E-state index contributed by atoms with van der Waals surface area (Å²) < 4.78 is 38.9. The van der Waals surface area contributed by atoms with Gasteiger partial charge in [-0.25, -0.2) is 13.1 Å². The third-order valence-electron chi connectivity index (χ3n) is 4.13. The first-order valence-corrected chi connectivity index (χ1v) is 11.7. The van der Waals surface area contributed by atoms with Gasteiger partial charge in [-0.2, -0.15) is 0 Å². The molecule has 2 aromatic carbocycles. The molecule has 0 saturated heterocycles. The van der Waals surface area contributed by atoms with Crippen molar-refractivity contribution in [1.82, 2.24) is 4.72 Å². The number of rotatable bonds is 9. The second-order valence-electron chi connectivity index (χ2n) is 7.32. The van der Waals surface area contributed by atoms with Gasteiger partial charge in [0.2, 0.25) is 10.0 Å². The Morgan fingerprint density at radius 1 is 1.07 bits per heavy atom. The van der Waals surface area contributed by atoms with Crippen LogP contribution in [0.15, 0.2) is 45.8 Å². The van der Waals surface area contributed by atoms with Crippen molar-refractivity contribution < 1.29 is 22.7 Å². The maximum absolute atomic E-state index is 12.4. The summed E-state index contributed by atoms with van der Waals surface area (Å²) in [6.45, 7) is 7.39. The van der Waals surface area contributed by atoms with Gasteiger partial charge in [0.05, 0.1) is 22.2 Å². The zero-order valence-electron chi connectivity index (χ0n) is 17.7. The fourth-order valence-electron chi connectivity index (χ4n) is 2.65. The molecule has 0 heterocycles. The van der Waals surface area contributed by atoms with Crippen LogP contribution >= 0.6 is 15.9 Å². The summed E-state index contributed by atoms with van der Waals surface area (Å²) in [7, 11) is -2.27. The minimum absolute atomic E-state index is 0.0280. The fourth-order valence-corrected chi connectivity index (χ4v) is 4.44. The second-order valence-corrected chi connectivity index (χ2v) is 9.89. The average Bonchev–Trinajstić information content (AvgIpc) is 2.65. The van der Waals surface area contributed by atoms with Crippen LogP contribution in [0.1, 0.15) is 39.2 Å². The van der Waals surface area contributed by atoms with Gasteiger partial charge in [-0.3, -0.25) is 4.79 Å². The van der Waals surface area contributed by atoms with Crippen LogP contribution in [0.3, 0.4) is 0 Å². The number of halogens is 1. The molecule has 0 aromatic heterocycles. The summed E-state index contributed by atoms with van der Waals surface area (Å²) in [5.41, 5.74) is 1.39. The Morgan fingerprint density at radius 3 is 2.30 bits per heavy atom. The van der Waals surface area contributed by atoms with Crippen molar-refractivity contribution >= 4 is 37.5 Å². The number of ether oxygens (including phenoxy) is 2. The zero-order chi connectivity index (χ0) is 22.5. The molecular weight excluding hydrogens is 472 g/mol. The average molecular weight is 499 g/mol. The Hall–Kier alpha value is -2.10. The maximum atomic E-state index is 12.4. The highest BCUT2D eigenvalue weighted by Gasteiger charge is 2.19. The largest absolute Gasteiger partial charge is 0.495 e. The topological polar surface area (TPSA) is 93.7 Å². The summed E-state index contributed by atoms with van der Waals surface area (Å²) in [4.78, 5) is 12.4. The molecule has 7 nitrogen and oxygen atoms in total. The number of anilines is 1. The van der Waals surface area contributed by atoms with Gasteiger partial charge in [-0.15, -0.1) is 0 Å². The van der Waals surface area contributed by atoms with Crippen LogP contribution in [-0.2, 0) is 14.8 Å². The van der Waals surface area contributed by atoms with E-state index < -0.39 is 15.9 Å². The lowest BCUT2D eigenvalue weighted by Crippen LogP contribution is -2.30. The standard InChI is InChI=1S/C21H27BrN2O5S/c1-13(2)15-6-8-19(17(22)10-15)29-12-21(25)23-18-11-16(7-9-20(18)28-5)30(26,27)24-14(3)4/h6-11,13-14,24H,12H2,1-5H3,(H,23,25). The normalized spacial score (nSPS) is 11.6. The fraction of sp³-hybridized carbons (Fsp3) is 0.381. The van der Waals surface area contributed by atoms with Crippen LogP contribution in [0.4, 0.5) is 5.69 Å². The van der Waals surface area contributed by atoms with Crippen molar-refractivity contribution in [1.29, 1.82) is 0 Å². The van der Waals surface area contributed by atoms with E-state index in [4.69, 9.17) is 9.47 Å². The lowest BCUT2D eigenvalue weighted by molar-refractivity contribution is -0.118. The summed E-state index contributed by atoms with van der Waals surface area (Å²) in [5.74, 6) is 0.813. The number of hydrogen-bond donors (Lipinski definition) is 2. The molecule has 0 radical (unpaired) electrons. The van der Waals surface area contributed by atoms with Crippen LogP contribution in [0.5, 0.6) is 11.5 Å². The van der Waals surface area contributed by atoms with Crippen molar-refractivity contribution in [3.8, 4) is 11.5 Å². The maximum Gasteiger partial charge on any atom is 0.262 e. The van der Waals surface area contributed by atoms with Crippen LogP contribution in [0, 0.1) is 0 Å². The zero-order valence-corrected chi connectivity index (χ0v) is 20.1. The van der Waals surface area contributed by atoms with E-state index in [-0.39, 0.29) is 23.2 Å². The van der Waals surface area contributed by atoms with Gasteiger partial charge >= 0.3 is 0 Å². The second kappa shape index (κ2) is 10.3. The van der Waals surface area contributed by atoms with Crippen molar-refractivity contribution in [2.45, 2.75) is 44.6 Å². The third kappa shape index (κ3) is 6.45. The molecule has 0 bridgehead atoms. The number of carbonyl (C=O) groups is 1. The molecule has 0 saturated carbocycles. The van der Waals surface area contributed by atoms with E-state index in [1.54, 1.807) is 19.9 Å². The molecule has 2 N–H and O–H groups in total. The molecule has 0 unspecified atom stereocenters. The monoisotopic (exact) mass is 498 g/mol. The molecule has 2 aromatic rings. The predicted octanol–water partition coefficient (Wildman–Crippen LogP) is 4.29. The van der Waals surface area contributed by atoms with Crippen molar-refractivity contribution in [3.05, 3.63) is 46.4 Å². The van der Waals surface area contributed by atoms with E-state index in [2.05, 4.69) is 39.8 Å². The number of benzene rings is 2. The predicted molar refractivity (Wildman–Crippen MR) is 121 cm³/mol. The van der Waals surface area contributed by atoms with Crippen LogP contribution in [0.25, 0.3) is 0 Å². The van der Waals surface area contributed by atoms with Gasteiger partial charge < -0.3 is 14.8 Å². The molecule has 9 heteroatoms. The number of nitrogens with one attached hydrogen (secondary N) is 2. The Balaban J connectivity index is 2.13. The molecule has 1 amide bonds. The highest BCUT2D eigenvalue weighted by atomic mass is 79.9. The first-order chi connectivity index (χ1) is 14.0. The number of hydrogen-bond acceptors (Lipinski definition) is 5. The van der Waals surface area contributed by atoms with Crippen molar-refractivity contribution in [2.75, 3.05) is 19.0 Å². The molecule has 0 aliphatic heterocycles. The minimum Gasteiger partial charge on any atom is -0.495 e. The van der Waals surface area contributed by atoms with E-state index in [9.17, 15) is 13.2 Å². The molecule has 0 spiro atoms. The molecule has 30 heavy (non-hydrogen) atoms. The molecule has 164 valence electrons. The van der Waals surface area contributed by atoms with E-state index in [1.165, 1.54) is 25.3 Å². The SMILES string of the molecule is COc1ccc(S(=O)(=O)NC(C)C)cc1NC(=O)COc1ccc(C(C)C)cc1Br. The first kappa shape index (κ1) is 24.2. The van der Waals surface area contributed by atoms with E-state index in [1.807, 2.05) is 12.1 Å². The van der Waals surface area contributed by atoms with Crippen molar-refractivity contribution in [3.63, 3.8) is 0 Å².